The third-order valence-electron chi connectivity index (χ3n) is 6.85. The number of nitrogens with one attached hydrogen (secondary N) is 4. The summed E-state index contributed by atoms with van der Waals surface area (Å²) >= 11 is 1.71. The van der Waals surface area contributed by atoms with E-state index >= 15 is 0 Å². The molecule has 5 amide bonds. The van der Waals surface area contributed by atoms with Gasteiger partial charge in [0.1, 0.15) is 6.10 Å². The Hall–Kier alpha value is -2.49. The summed E-state index contributed by atoms with van der Waals surface area (Å²) in [4.78, 5) is 50.1. The van der Waals surface area contributed by atoms with Gasteiger partial charge < -0.3 is 35.6 Å². The van der Waals surface area contributed by atoms with Crippen LogP contribution in [0.3, 0.4) is 0 Å². The molecule has 0 spiro atoms. The van der Waals surface area contributed by atoms with E-state index in [4.69, 9.17) is 9.47 Å². The van der Waals surface area contributed by atoms with Gasteiger partial charge in [-0.1, -0.05) is 18.8 Å². The fraction of sp³-hybridized carbons (Fsp3) is 0.769. The second kappa shape index (κ2) is 15.8. The molecule has 3 aliphatic heterocycles. The minimum Gasteiger partial charge on any atom is -0.381 e. The number of ether oxygens (including phenoxy) is 2. The highest BCUT2D eigenvalue weighted by molar-refractivity contribution is 8.00. The summed E-state index contributed by atoms with van der Waals surface area (Å²) in [6, 6.07) is -0.0119. The van der Waals surface area contributed by atoms with Crippen LogP contribution < -0.4 is 21.3 Å². The van der Waals surface area contributed by atoms with Crippen LogP contribution in [0.2, 0.25) is 0 Å². The molecule has 212 valence electrons. The molecule has 0 aromatic carbocycles. The van der Waals surface area contributed by atoms with E-state index in [1.165, 1.54) is 0 Å². The van der Waals surface area contributed by atoms with Crippen molar-refractivity contribution in [1.29, 1.82) is 0 Å². The first-order chi connectivity index (χ1) is 18.4. The highest BCUT2D eigenvalue weighted by Gasteiger charge is 2.43. The molecule has 0 aromatic heterocycles. The van der Waals surface area contributed by atoms with Crippen LogP contribution in [0, 0.1) is 17.8 Å². The fourth-order valence-electron chi connectivity index (χ4n) is 4.75. The van der Waals surface area contributed by atoms with E-state index in [-0.39, 0.29) is 65.9 Å². The average molecular weight is 552 g/mol. The number of hydrogen-bond donors (Lipinski definition) is 4. The van der Waals surface area contributed by atoms with E-state index in [0.29, 0.717) is 65.1 Å². The number of carbonyl (C=O) groups is 4. The van der Waals surface area contributed by atoms with Gasteiger partial charge in [-0.25, -0.2) is 4.79 Å². The zero-order valence-corrected chi connectivity index (χ0v) is 23.2. The molecule has 0 aromatic rings. The van der Waals surface area contributed by atoms with Gasteiger partial charge in [0.05, 0.1) is 12.1 Å². The van der Waals surface area contributed by atoms with E-state index < -0.39 is 0 Å². The number of thioether (sulfide) groups is 1. The molecule has 0 bridgehead atoms. The number of fused-ring (bicyclic) bond motifs is 1. The van der Waals surface area contributed by atoms with E-state index in [9.17, 15) is 19.2 Å². The summed E-state index contributed by atoms with van der Waals surface area (Å²) in [5, 5.41) is 11.6. The Bertz CT molecular complexity index is 893. The van der Waals surface area contributed by atoms with Crippen molar-refractivity contribution in [1.82, 2.24) is 26.2 Å². The SMILES string of the molecule is CO[C@H]1C#CCCN(C(=O)CCC(=O)NCCCOCCCNC(=O)C[C@@H]2SCC3NC(=O)NC32)C[C@@H]1C. The van der Waals surface area contributed by atoms with E-state index in [1.54, 1.807) is 23.8 Å². The number of rotatable bonds is 14. The minimum absolute atomic E-state index is 0.0146. The largest absolute Gasteiger partial charge is 0.381 e. The summed E-state index contributed by atoms with van der Waals surface area (Å²) in [5.74, 6) is 6.90. The highest BCUT2D eigenvalue weighted by atomic mass is 32.2. The lowest BCUT2D eigenvalue weighted by Crippen LogP contribution is -2.40. The first kappa shape index (κ1) is 30.1. The van der Waals surface area contributed by atoms with Gasteiger partial charge in [0.15, 0.2) is 0 Å². The number of nitrogens with zero attached hydrogens (tertiary/aromatic N) is 1. The Morgan fingerprint density at radius 2 is 1.84 bits per heavy atom. The summed E-state index contributed by atoms with van der Waals surface area (Å²) in [5.41, 5.74) is 0. The van der Waals surface area contributed by atoms with Gasteiger partial charge in [-0.15, -0.1) is 0 Å². The lowest BCUT2D eigenvalue weighted by molar-refractivity contribution is -0.134. The van der Waals surface area contributed by atoms with Crippen molar-refractivity contribution >= 4 is 35.5 Å². The van der Waals surface area contributed by atoms with E-state index in [1.807, 2.05) is 6.92 Å². The van der Waals surface area contributed by atoms with Gasteiger partial charge in [-0.05, 0) is 12.8 Å². The molecule has 2 fully saturated rings. The minimum atomic E-state index is -0.180. The van der Waals surface area contributed by atoms with Crippen LogP contribution in [-0.2, 0) is 23.9 Å². The molecule has 3 heterocycles. The van der Waals surface area contributed by atoms with Gasteiger partial charge in [-0.2, -0.15) is 11.8 Å². The smallest absolute Gasteiger partial charge is 0.315 e. The molecule has 0 aliphatic carbocycles. The molecule has 11 nitrogen and oxygen atoms in total. The summed E-state index contributed by atoms with van der Waals surface area (Å²) in [6.07, 6.45) is 2.53. The molecular weight excluding hydrogens is 510 g/mol. The van der Waals surface area contributed by atoms with Crippen LogP contribution in [-0.4, -0.2) is 104 Å². The monoisotopic (exact) mass is 551 g/mol. The summed E-state index contributed by atoms with van der Waals surface area (Å²) < 4.78 is 11.0. The zero-order chi connectivity index (χ0) is 27.3. The molecule has 3 rings (SSSR count). The van der Waals surface area contributed by atoms with E-state index in [0.717, 1.165) is 5.75 Å². The van der Waals surface area contributed by atoms with Crippen LogP contribution in [0.1, 0.15) is 45.4 Å². The molecule has 2 saturated heterocycles. The lowest BCUT2D eigenvalue weighted by Gasteiger charge is -2.29. The van der Waals surface area contributed by atoms with Crippen LogP contribution in [0.15, 0.2) is 0 Å². The quantitative estimate of drug-likeness (QED) is 0.138. The van der Waals surface area contributed by atoms with Crippen LogP contribution >= 0.6 is 11.8 Å². The molecular formula is C26H41N5O6S. The maximum absolute atomic E-state index is 12.6. The molecule has 5 atom stereocenters. The third kappa shape index (κ3) is 9.67. The summed E-state index contributed by atoms with van der Waals surface area (Å²) in [7, 11) is 1.63. The number of amides is 5. The van der Waals surface area contributed by atoms with Gasteiger partial charge in [0.2, 0.25) is 17.7 Å². The number of methoxy groups -OCH3 is 1. The molecule has 4 N–H and O–H groups in total. The first-order valence-electron chi connectivity index (χ1n) is 13.5. The third-order valence-corrected chi connectivity index (χ3v) is 8.29. The van der Waals surface area contributed by atoms with Crippen LogP contribution in [0.25, 0.3) is 0 Å². The Labute approximate surface area is 229 Å². The zero-order valence-electron chi connectivity index (χ0n) is 22.4. The summed E-state index contributed by atoms with van der Waals surface area (Å²) in [6.45, 7) is 5.22. The highest BCUT2D eigenvalue weighted by Crippen LogP contribution is 2.31. The fourth-order valence-corrected chi connectivity index (χ4v) is 6.23. The molecule has 38 heavy (non-hydrogen) atoms. The predicted octanol–water partition coefficient (Wildman–Crippen LogP) is 0.238. The Balaban J connectivity index is 1.15. The topological polar surface area (TPSA) is 138 Å². The number of hydrogen-bond acceptors (Lipinski definition) is 7. The molecule has 3 aliphatic rings. The predicted molar refractivity (Wildman–Crippen MR) is 144 cm³/mol. The Kier molecular flexibility index (Phi) is 12.5. The maximum Gasteiger partial charge on any atom is 0.315 e. The van der Waals surface area contributed by atoms with Gasteiger partial charge >= 0.3 is 6.03 Å². The lowest BCUT2D eigenvalue weighted by atomic mass is 10.0. The van der Waals surface area contributed by atoms with E-state index in [2.05, 4.69) is 33.1 Å². The normalized spacial score (nSPS) is 26.2. The first-order valence-corrected chi connectivity index (χ1v) is 14.5. The molecule has 0 saturated carbocycles. The standard InChI is InChI=1S/C26H41N5O6S/c1-18-16-31(12-4-3-7-20(18)36-2)24(34)9-8-22(32)27-10-5-13-37-14-6-11-28-23(33)15-21-25-19(17-38-21)29-26(35)30-25/h18-21,25H,4-6,8-17H2,1-2H3,(H,27,32)(H,28,33)(H2,29,30,35)/t18-,19?,20-,21-,25?/m0/s1. The average Bonchev–Trinajstić information content (AvgIpc) is 3.43. The Morgan fingerprint density at radius 3 is 2.58 bits per heavy atom. The van der Waals surface area contributed by atoms with Crippen molar-refractivity contribution in [3.05, 3.63) is 0 Å². The van der Waals surface area contributed by atoms with Gasteiger partial charge in [0.25, 0.3) is 0 Å². The van der Waals surface area contributed by atoms with Crippen molar-refractivity contribution in [2.75, 3.05) is 52.3 Å². The van der Waals surface area contributed by atoms with Crippen molar-refractivity contribution in [3.8, 4) is 11.8 Å². The molecule has 0 radical (unpaired) electrons. The van der Waals surface area contributed by atoms with Crippen molar-refractivity contribution in [2.45, 2.75) is 68.9 Å². The van der Waals surface area contributed by atoms with Crippen LogP contribution in [0.4, 0.5) is 4.79 Å². The Morgan fingerprint density at radius 1 is 1.11 bits per heavy atom. The number of carbonyl (C=O) groups excluding carboxylic acids is 4. The van der Waals surface area contributed by atoms with Crippen molar-refractivity contribution in [2.24, 2.45) is 5.92 Å². The molecule has 2 unspecified atom stereocenters. The van der Waals surface area contributed by atoms with Crippen LogP contribution in [0.5, 0.6) is 0 Å². The van der Waals surface area contributed by atoms with Gasteiger partial charge in [-0.3, -0.25) is 14.4 Å². The molecule has 12 heteroatoms. The van der Waals surface area contributed by atoms with Crippen molar-refractivity contribution < 1.29 is 28.7 Å². The van der Waals surface area contributed by atoms with Gasteiger partial charge in [0, 0.05) is 89.1 Å². The maximum atomic E-state index is 12.6. The van der Waals surface area contributed by atoms with Crippen molar-refractivity contribution in [3.63, 3.8) is 0 Å². The second-order valence-corrected chi connectivity index (χ2v) is 11.2. The second-order valence-electron chi connectivity index (χ2n) is 9.89. The number of urea groups is 1.